The van der Waals surface area contributed by atoms with E-state index in [1.165, 1.54) is 35.5 Å². The number of anilines is 2. The lowest BCUT2D eigenvalue weighted by atomic mass is 10.2. The molecule has 0 spiro atoms. The lowest BCUT2D eigenvalue weighted by Crippen LogP contribution is -2.29. The molecule has 0 saturated carbocycles. The summed E-state index contributed by atoms with van der Waals surface area (Å²) in [6.45, 7) is 3.87. The monoisotopic (exact) mass is 366 g/mol. The Kier molecular flexibility index (Phi) is 6.16. The zero-order chi connectivity index (χ0) is 19.2. The molecule has 0 radical (unpaired) electrons. The molecule has 0 aliphatic rings. The van der Waals surface area contributed by atoms with Crippen LogP contribution < -0.4 is 10.1 Å². The van der Waals surface area contributed by atoms with Gasteiger partial charge in [0.25, 0.3) is 5.88 Å². The number of hydrogen-bond acceptors (Lipinski definition) is 5. The van der Waals surface area contributed by atoms with E-state index in [2.05, 4.69) is 21.9 Å². The minimum absolute atomic E-state index is 0.163. The highest BCUT2D eigenvalue weighted by Gasteiger charge is 2.29. The molecule has 1 heterocycles. The highest BCUT2D eigenvalue weighted by Crippen LogP contribution is 2.30. The third-order valence-corrected chi connectivity index (χ3v) is 3.36. The second kappa shape index (κ2) is 8.32. The average Bonchev–Trinajstić information content (AvgIpc) is 2.62. The van der Waals surface area contributed by atoms with E-state index in [0.29, 0.717) is 12.2 Å². The van der Waals surface area contributed by atoms with Crippen molar-refractivity contribution in [2.45, 2.75) is 6.18 Å². The Bertz CT molecular complexity index is 763. The molecule has 2 rings (SSSR count). The molecule has 138 valence electrons. The number of amides is 1. The number of likely N-dealkylation sites (N-methyl/N-ethyl adjacent to an activating group) is 1. The van der Waals surface area contributed by atoms with Crippen LogP contribution in [0.5, 0.6) is 5.88 Å². The molecule has 9 heteroatoms. The molecule has 0 aliphatic heterocycles. The van der Waals surface area contributed by atoms with Crippen LogP contribution in [0.25, 0.3) is 0 Å². The summed E-state index contributed by atoms with van der Waals surface area (Å²) in [7, 11) is 1.60. The maximum Gasteiger partial charge on any atom is 0.416 e. The Morgan fingerprint density at radius 1 is 1.27 bits per heavy atom. The van der Waals surface area contributed by atoms with E-state index >= 15 is 0 Å². The molecule has 0 atom stereocenters. The van der Waals surface area contributed by atoms with Crippen LogP contribution in [0.15, 0.2) is 49.3 Å². The Morgan fingerprint density at radius 2 is 1.92 bits per heavy atom. The number of hydrogen-bond donors (Lipinski definition) is 1. The van der Waals surface area contributed by atoms with Gasteiger partial charge in [-0.05, 0) is 30.3 Å². The Labute approximate surface area is 148 Å². The molecule has 1 aromatic carbocycles. The van der Waals surface area contributed by atoms with Crippen LogP contribution in [0.4, 0.5) is 24.7 Å². The minimum atomic E-state index is -4.39. The largest absolute Gasteiger partial charge is 0.473 e. The summed E-state index contributed by atoms with van der Waals surface area (Å²) in [6.07, 6.45) is -0.354. The van der Waals surface area contributed by atoms with Gasteiger partial charge in [-0.3, -0.25) is 4.79 Å². The average molecular weight is 366 g/mol. The summed E-state index contributed by atoms with van der Waals surface area (Å²) >= 11 is 0. The Hall–Kier alpha value is -3.10. The highest BCUT2D eigenvalue weighted by atomic mass is 19.4. The second-order valence-electron chi connectivity index (χ2n) is 5.22. The number of nitrogens with zero attached hydrogens (tertiary/aromatic N) is 3. The molecule has 0 fully saturated rings. The van der Waals surface area contributed by atoms with E-state index in [1.54, 1.807) is 7.05 Å². The van der Waals surface area contributed by atoms with Crippen molar-refractivity contribution in [1.29, 1.82) is 0 Å². The van der Waals surface area contributed by atoms with Gasteiger partial charge in [0.05, 0.1) is 12.1 Å². The summed E-state index contributed by atoms with van der Waals surface area (Å²) in [6, 6.07) is 4.51. The second-order valence-corrected chi connectivity index (χ2v) is 5.22. The molecule has 26 heavy (non-hydrogen) atoms. The van der Waals surface area contributed by atoms with Crippen LogP contribution in [0.2, 0.25) is 0 Å². The van der Waals surface area contributed by atoms with Crippen LogP contribution in [0.3, 0.4) is 0 Å². The van der Waals surface area contributed by atoms with Gasteiger partial charge in [0.2, 0.25) is 5.91 Å². The zero-order valence-corrected chi connectivity index (χ0v) is 14.0. The summed E-state index contributed by atoms with van der Waals surface area (Å²) in [5.41, 5.74) is -0.337. The quantitative estimate of drug-likeness (QED) is 0.762. The molecule has 0 aliphatic carbocycles. The van der Waals surface area contributed by atoms with Crippen molar-refractivity contribution in [2.75, 3.05) is 25.5 Å². The number of nitrogens with one attached hydrogen (secondary N) is 1. The van der Waals surface area contributed by atoms with Crippen molar-refractivity contribution >= 4 is 17.4 Å². The molecule has 0 unspecified atom stereocenters. The molecule has 1 aromatic heterocycles. The van der Waals surface area contributed by atoms with E-state index in [0.717, 1.165) is 12.1 Å². The van der Waals surface area contributed by atoms with Gasteiger partial charge in [-0.1, -0.05) is 6.58 Å². The molecule has 0 saturated heterocycles. The van der Waals surface area contributed by atoms with E-state index in [1.807, 2.05) is 0 Å². The van der Waals surface area contributed by atoms with E-state index in [-0.39, 0.29) is 24.2 Å². The molecule has 2 aromatic rings. The zero-order valence-electron chi connectivity index (χ0n) is 14.0. The number of rotatable bonds is 7. The Morgan fingerprint density at radius 3 is 2.54 bits per heavy atom. The summed E-state index contributed by atoms with van der Waals surface area (Å²) in [5.74, 6) is 0.188. The fourth-order valence-corrected chi connectivity index (χ4v) is 1.94. The maximum absolute atomic E-state index is 12.6. The van der Waals surface area contributed by atoms with Crippen LogP contribution >= 0.6 is 0 Å². The van der Waals surface area contributed by atoms with Crippen LogP contribution in [0, 0.1) is 0 Å². The van der Waals surface area contributed by atoms with Crippen molar-refractivity contribution in [1.82, 2.24) is 14.9 Å². The van der Waals surface area contributed by atoms with E-state index in [4.69, 9.17) is 4.74 Å². The molecule has 1 amide bonds. The number of alkyl halides is 3. The van der Waals surface area contributed by atoms with Gasteiger partial charge < -0.3 is 15.0 Å². The SMILES string of the molecule is C=CC(=O)N(C)CCOc1nccnc1Nc1ccc(C(F)(F)F)cc1. The lowest BCUT2D eigenvalue weighted by molar-refractivity contribution is -0.137. The van der Waals surface area contributed by atoms with Gasteiger partial charge in [0, 0.05) is 25.1 Å². The van der Waals surface area contributed by atoms with Crippen molar-refractivity contribution in [3.63, 3.8) is 0 Å². The van der Waals surface area contributed by atoms with Gasteiger partial charge in [-0.15, -0.1) is 0 Å². The van der Waals surface area contributed by atoms with Gasteiger partial charge in [-0.2, -0.15) is 13.2 Å². The fraction of sp³-hybridized carbons (Fsp3) is 0.235. The van der Waals surface area contributed by atoms with Gasteiger partial charge >= 0.3 is 6.18 Å². The molecular formula is C17H17F3N4O2. The molecule has 1 N–H and O–H groups in total. The summed E-state index contributed by atoms with van der Waals surface area (Å²) < 4.78 is 43.3. The predicted octanol–water partition coefficient (Wildman–Crippen LogP) is 3.26. The van der Waals surface area contributed by atoms with Crippen molar-refractivity contribution < 1.29 is 22.7 Å². The number of halogens is 3. The lowest BCUT2D eigenvalue weighted by Gasteiger charge is -2.16. The van der Waals surface area contributed by atoms with E-state index in [9.17, 15) is 18.0 Å². The van der Waals surface area contributed by atoms with Crippen LogP contribution in [-0.4, -0.2) is 41.0 Å². The van der Waals surface area contributed by atoms with Crippen LogP contribution in [-0.2, 0) is 11.0 Å². The number of aromatic nitrogens is 2. The van der Waals surface area contributed by atoms with Gasteiger partial charge in [0.1, 0.15) is 6.61 Å². The van der Waals surface area contributed by atoms with Gasteiger partial charge in [-0.25, -0.2) is 9.97 Å². The maximum atomic E-state index is 12.6. The number of carbonyl (C=O) groups is 1. The predicted molar refractivity (Wildman–Crippen MR) is 90.1 cm³/mol. The smallest absolute Gasteiger partial charge is 0.416 e. The van der Waals surface area contributed by atoms with E-state index < -0.39 is 11.7 Å². The summed E-state index contributed by atoms with van der Waals surface area (Å²) in [4.78, 5) is 20.9. The van der Waals surface area contributed by atoms with Crippen molar-refractivity contribution in [3.8, 4) is 5.88 Å². The highest BCUT2D eigenvalue weighted by molar-refractivity contribution is 5.86. The first-order chi connectivity index (χ1) is 12.3. The first-order valence-electron chi connectivity index (χ1n) is 7.57. The van der Waals surface area contributed by atoms with Crippen molar-refractivity contribution in [2.24, 2.45) is 0 Å². The Balaban J connectivity index is 2.02. The number of carbonyl (C=O) groups excluding carboxylic acids is 1. The fourth-order valence-electron chi connectivity index (χ4n) is 1.94. The first-order valence-corrected chi connectivity index (χ1v) is 7.57. The third kappa shape index (κ3) is 5.20. The van der Waals surface area contributed by atoms with Gasteiger partial charge in [0.15, 0.2) is 5.82 Å². The molecule has 6 nitrogen and oxygen atoms in total. The summed E-state index contributed by atoms with van der Waals surface area (Å²) in [5, 5.41) is 2.86. The normalized spacial score (nSPS) is 10.9. The number of ether oxygens (including phenoxy) is 1. The number of benzene rings is 1. The minimum Gasteiger partial charge on any atom is -0.473 e. The first kappa shape index (κ1) is 19.2. The van der Waals surface area contributed by atoms with Crippen LogP contribution in [0.1, 0.15) is 5.56 Å². The third-order valence-electron chi connectivity index (χ3n) is 3.36. The topological polar surface area (TPSA) is 67.4 Å². The molecule has 0 bridgehead atoms. The standard InChI is InChI=1S/C17H17F3N4O2/c1-3-14(25)24(2)10-11-26-16-15(21-8-9-22-16)23-13-6-4-12(5-7-13)17(18,19)20/h3-9H,1,10-11H2,2H3,(H,21,23). The van der Waals surface area contributed by atoms with Crippen molar-refractivity contribution in [3.05, 3.63) is 54.9 Å². The molecular weight excluding hydrogens is 349 g/mol.